The highest BCUT2D eigenvalue weighted by molar-refractivity contribution is 6.03. The fourth-order valence-corrected chi connectivity index (χ4v) is 1.48. The third-order valence-corrected chi connectivity index (χ3v) is 2.31. The van der Waals surface area contributed by atoms with Crippen LogP contribution in [0.5, 0.6) is 0 Å². The van der Waals surface area contributed by atoms with Crippen LogP contribution in [-0.4, -0.2) is 24.8 Å². The molecule has 0 spiro atoms. The van der Waals surface area contributed by atoms with E-state index in [4.69, 9.17) is 4.84 Å². The van der Waals surface area contributed by atoms with Crippen LogP contribution in [0.15, 0.2) is 35.5 Å². The van der Waals surface area contributed by atoms with Gasteiger partial charge in [-0.1, -0.05) is 35.5 Å². The predicted octanol–water partition coefficient (Wildman–Crippen LogP) is 0.926. The molecule has 78 valence electrons. The fourth-order valence-electron chi connectivity index (χ4n) is 1.48. The first-order valence-electron chi connectivity index (χ1n) is 4.81. The van der Waals surface area contributed by atoms with Crippen molar-refractivity contribution in [3.63, 3.8) is 0 Å². The molecule has 4 heteroatoms. The van der Waals surface area contributed by atoms with E-state index in [0.29, 0.717) is 6.42 Å². The minimum Gasteiger partial charge on any atom is -0.382 e. The maximum Gasteiger partial charge on any atom is 0.264 e. The zero-order valence-electron chi connectivity index (χ0n) is 8.43. The first-order chi connectivity index (χ1) is 7.31. The molecule has 4 nitrogen and oxygen atoms in total. The Morgan fingerprint density at radius 2 is 2.20 bits per heavy atom. The van der Waals surface area contributed by atoms with Crippen molar-refractivity contribution in [2.75, 3.05) is 7.05 Å². The van der Waals surface area contributed by atoms with Crippen molar-refractivity contribution in [3.8, 4) is 0 Å². The van der Waals surface area contributed by atoms with E-state index in [1.54, 1.807) is 7.05 Å². The molecule has 1 amide bonds. The Morgan fingerprint density at radius 3 is 2.87 bits per heavy atom. The molecular formula is C11H12N2O2. The van der Waals surface area contributed by atoms with Crippen molar-refractivity contribution in [1.82, 2.24) is 5.32 Å². The number of hydrogen-bond acceptors (Lipinski definition) is 3. The number of rotatable bonds is 2. The van der Waals surface area contributed by atoms with Gasteiger partial charge < -0.3 is 10.2 Å². The number of hydrogen-bond donors (Lipinski definition) is 1. The van der Waals surface area contributed by atoms with Crippen molar-refractivity contribution in [2.45, 2.75) is 12.5 Å². The third kappa shape index (κ3) is 1.98. The van der Waals surface area contributed by atoms with Crippen LogP contribution in [-0.2, 0) is 9.63 Å². The largest absolute Gasteiger partial charge is 0.382 e. The molecule has 0 saturated carbocycles. The Labute approximate surface area is 87.9 Å². The topological polar surface area (TPSA) is 50.7 Å². The number of nitrogens with one attached hydrogen (secondary N) is 1. The monoisotopic (exact) mass is 204 g/mol. The summed E-state index contributed by atoms with van der Waals surface area (Å²) in [6.07, 6.45) is 0.0501. The predicted molar refractivity (Wildman–Crippen MR) is 56.5 cm³/mol. The molecule has 1 aromatic carbocycles. The van der Waals surface area contributed by atoms with Crippen LogP contribution in [0, 0.1) is 0 Å². The summed E-state index contributed by atoms with van der Waals surface area (Å²) in [7, 11) is 1.59. The van der Waals surface area contributed by atoms with Gasteiger partial charge in [-0.25, -0.2) is 0 Å². The van der Waals surface area contributed by atoms with Crippen LogP contribution in [0.25, 0.3) is 0 Å². The van der Waals surface area contributed by atoms with Crippen molar-refractivity contribution in [1.29, 1.82) is 0 Å². The molecule has 1 aliphatic rings. The number of amides is 1. The van der Waals surface area contributed by atoms with E-state index < -0.39 is 6.10 Å². The van der Waals surface area contributed by atoms with Crippen molar-refractivity contribution >= 4 is 11.6 Å². The summed E-state index contributed by atoms with van der Waals surface area (Å²) in [4.78, 5) is 16.3. The Bertz CT molecular complexity index is 387. The van der Waals surface area contributed by atoms with Gasteiger partial charge in [-0.15, -0.1) is 0 Å². The summed E-state index contributed by atoms with van der Waals surface area (Å²) in [6.45, 7) is 0. The molecule has 0 fully saturated rings. The molecule has 0 bridgehead atoms. The summed E-state index contributed by atoms with van der Waals surface area (Å²) < 4.78 is 0. The number of carbonyl (C=O) groups is 1. The maximum atomic E-state index is 11.3. The van der Waals surface area contributed by atoms with Gasteiger partial charge in [0.25, 0.3) is 5.91 Å². The molecule has 15 heavy (non-hydrogen) atoms. The molecule has 0 saturated heterocycles. The standard InChI is InChI=1S/C11H12N2O2/c1-12-11(14)10-7-9(13-15-10)8-5-3-2-4-6-8/h2-6,10H,7H2,1H3,(H,12,14). The van der Waals surface area contributed by atoms with Crippen molar-refractivity contribution in [3.05, 3.63) is 35.9 Å². The summed E-state index contributed by atoms with van der Waals surface area (Å²) in [5, 5.41) is 6.45. The van der Waals surface area contributed by atoms with Gasteiger partial charge in [-0.05, 0) is 5.56 Å². The fraction of sp³-hybridized carbons (Fsp3) is 0.273. The lowest BCUT2D eigenvalue weighted by Crippen LogP contribution is -2.31. The van der Waals surface area contributed by atoms with Gasteiger partial charge in [0.05, 0.1) is 5.71 Å². The molecule has 1 aromatic rings. The lowest BCUT2D eigenvalue weighted by molar-refractivity contribution is -0.130. The van der Waals surface area contributed by atoms with Gasteiger partial charge in [-0.3, -0.25) is 4.79 Å². The number of benzene rings is 1. The Balaban J connectivity index is 2.07. The van der Waals surface area contributed by atoms with Gasteiger partial charge in [0.1, 0.15) is 0 Å². The summed E-state index contributed by atoms with van der Waals surface area (Å²) >= 11 is 0. The average molecular weight is 204 g/mol. The Hall–Kier alpha value is -1.84. The summed E-state index contributed by atoms with van der Waals surface area (Å²) in [5.41, 5.74) is 1.83. The van der Waals surface area contributed by atoms with Crippen LogP contribution in [0.3, 0.4) is 0 Å². The zero-order chi connectivity index (χ0) is 10.7. The highest BCUT2D eigenvalue weighted by Crippen LogP contribution is 2.16. The highest BCUT2D eigenvalue weighted by Gasteiger charge is 2.27. The van der Waals surface area contributed by atoms with Gasteiger partial charge in [-0.2, -0.15) is 0 Å². The van der Waals surface area contributed by atoms with Crippen LogP contribution in [0.4, 0.5) is 0 Å². The van der Waals surface area contributed by atoms with E-state index in [0.717, 1.165) is 11.3 Å². The Morgan fingerprint density at radius 1 is 1.47 bits per heavy atom. The van der Waals surface area contributed by atoms with Crippen LogP contribution in [0.2, 0.25) is 0 Å². The molecule has 1 aliphatic heterocycles. The van der Waals surface area contributed by atoms with Gasteiger partial charge >= 0.3 is 0 Å². The van der Waals surface area contributed by atoms with Crippen molar-refractivity contribution < 1.29 is 9.63 Å². The van der Waals surface area contributed by atoms with Gasteiger partial charge in [0, 0.05) is 13.5 Å². The quantitative estimate of drug-likeness (QED) is 0.779. The molecule has 0 radical (unpaired) electrons. The number of carbonyl (C=O) groups excluding carboxylic acids is 1. The average Bonchev–Trinajstić information content (AvgIpc) is 2.78. The van der Waals surface area contributed by atoms with Crippen LogP contribution in [0.1, 0.15) is 12.0 Å². The molecule has 1 heterocycles. The van der Waals surface area contributed by atoms with Crippen LogP contribution < -0.4 is 5.32 Å². The van der Waals surface area contributed by atoms with E-state index in [-0.39, 0.29) is 5.91 Å². The third-order valence-electron chi connectivity index (χ3n) is 2.31. The smallest absolute Gasteiger partial charge is 0.264 e. The van der Waals surface area contributed by atoms with E-state index in [1.807, 2.05) is 30.3 Å². The van der Waals surface area contributed by atoms with E-state index >= 15 is 0 Å². The number of nitrogens with zero attached hydrogens (tertiary/aromatic N) is 1. The van der Waals surface area contributed by atoms with E-state index in [1.165, 1.54) is 0 Å². The maximum absolute atomic E-state index is 11.3. The number of likely N-dealkylation sites (N-methyl/N-ethyl adjacent to an activating group) is 1. The first kappa shape index (κ1) is 9.71. The second-order valence-corrected chi connectivity index (χ2v) is 3.32. The van der Waals surface area contributed by atoms with Gasteiger partial charge in [0.2, 0.25) is 6.10 Å². The lowest BCUT2D eigenvalue weighted by atomic mass is 10.1. The van der Waals surface area contributed by atoms with Gasteiger partial charge in [0.15, 0.2) is 0 Å². The van der Waals surface area contributed by atoms with E-state index in [2.05, 4.69) is 10.5 Å². The SMILES string of the molecule is CNC(=O)C1CC(c2ccccc2)=NO1. The van der Waals surface area contributed by atoms with Crippen LogP contribution >= 0.6 is 0 Å². The second kappa shape index (κ2) is 4.13. The first-order valence-corrected chi connectivity index (χ1v) is 4.81. The van der Waals surface area contributed by atoms with Crippen molar-refractivity contribution in [2.24, 2.45) is 5.16 Å². The summed E-state index contributed by atoms with van der Waals surface area (Å²) in [6, 6.07) is 9.72. The molecule has 1 unspecified atom stereocenters. The normalized spacial score (nSPS) is 19.3. The molecule has 2 rings (SSSR count). The second-order valence-electron chi connectivity index (χ2n) is 3.32. The zero-order valence-corrected chi connectivity index (χ0v) is 8.43. The molecule has 1 atom stereocenters. The molecular weight excluding hydrogens is 192 g/mol. The summed E-state index contributed by atoms with van der Waals surface area (Å²) in [5.74, 6) is -0.135. The minimum absolute atomic E-state index is 0.135. The minimum atomic E-state index is -0.481. The lowest BCUT2D eigenvalue weighted by Gasteiger charge is -2.04. The highest BCUT2D eigenvalue weighted by atomic mass is 16.6. The van der Waals surface area contributed by atoms with E-state index in [9.17, 15) is 4.79 Å². The molecule has 0 aliphatic carbocycles. The Kier molecular flexibility index (Phi) is 2.67. The molecule has 0 aromatic heterocycles. The number of oxime groups is 1. The molecule has 1 N–H and O–H groups in total.